The molecule has 1 aliphatic heterocycles. The molecule has 7 nitrogen and oxygen atoms in total. The van der Waals surface area contributed by atoms with Crippen LogP contribution in [0.2, 0.25) is 5.02 Å². The van der Waals surface area contributed by atoms with E-state index in [4.69, 9.17) is 16.7 Å². The van der Waals surface area contributed by atoms with E-state index in [2.05, 4.69) is 0 Å². The molecule has 1 atom stereocenters. The minimum atomic E-state index is -1.20. The van der Waals surface area contributed by atoms with Gasteiger partial charge in [0.25, 0.3) is 5.69 Å². The van der Waals surface area contributed by atoms with Gasteiger partial charge in [-0.25, -0.2) is 4.39 Å². The maximum Gasteiger partial charge on any atom is 0.308 e. The van der Waals surface area contributed by atoms with E-state index < -0.39 is 44.9 Å². The number of amides is 1. The number of hydrogen-bond acceptors (Lipinski definition) is 4. The molecule has 0 aromatic heterocycles. The molecular formula is C11H8ClFN2O5. The van der Waals surface area contributed by atoms with Crippen molar-refractivity contribution < 1.29 is 24.0 Å². The summed E-state index contributed by atoms with van der Waals surface area (Å²) in [5.74, 6) is -3.76. The number of nitro groups is 1. The van der Waals surface area contributed by atoms with Crippen LogP contribution in [-0.2, 0) is 9.59 Å². The maximum atomic E-state index is 13.5. The first-order valence-electron chi connectivity index (χ1n) is 5.48. The molecule has 0 radical (unpaired) electrons. The monoisotopic (exact) mass is 302 g/mol. The van der Waals surface area contributed by atoms with Crippen molar-refractivity contribution in [3.05, 3.63) is 33.1 Å². The summed E-state index contributed by atoms with van der Waals surface area (Å²) in [7, 11) is 0. The molecule has 1 fully saturated rings. The minimum absolute atomic E-state index is 0.280. The predicted octanol–water partition coefficient (Wildman–Crippen LogP) is 1.82. The molecule has 1 amide bonds. The minimum Gasteiger partial charge on any atom is -0.481 e. The highest BCUT2D eigenvalue weighted by Gasteiger charge is 2.39. The van der Waals surface area contributed by atoms with Gasteiger partial charge in [0.05, 0.1) is 10.8 Å². The van der Waals surface area contributed by atoms with Crippen LogP contribution in [0.1, 0.15) is 6.42 Å². The number of nitrogens with zero attached hydrogens (tertiary/aromatic N) is 2. The van der Waals surface area contributed by atoms with Gasteiger partial charge >= 0.3 is 5.97 Å². The lowest BCUT2D eigenvalue weighted by Gasteiger charge is -2.17. The van der Waals surface area contributed by atoms with Gasteiger partial charge in [-0.2, -0.15) is 0 Å². The third kappa shape index (κ3) is 2.29. The van der Waals surface area contributed by atoms with E-state index in [-0.39, 0.29) is 13.0 Å². The quantitative estimate of drug-likeness (QED) is 0.678. The van der Waals surface area contributed by atoms with E-state index in [1.807, 2.05) is 0 Å². The number of carboxylic acids is 1. The van der Waals surface area contributed by atoms with Gasteiger partial charge in [-0.1, -0.05) is 11.6 Å². The van der Waals surface area contributed by atoms with Gasteiger partial charge in [0.1, 0.15) is 16.5 Å². The van der Waals surface area contributed by atoms with Crippen molar-refractivity contribution in [1.29, 1.82) is 0 Å². The van der Waals surface area contributed by atoms with Crippen LogP contribution < -0.4 is 4.90 Å². The van der Waals surface area contributed by atoms with E-state index in [1.54, 1.807) is 0 Å². The van der Waals surface area contributed by atoms with Crippen molar-refractivity contribution in [3.8, 4) is 0 Å². The van der Waals surface area contributed by atoms with Gasteiger partial charge in [0.15, 0.2) is 0 Å². The molecule has 9 heteroatoms. The molecule has 1 saturated heterocycles. The van der Waals surface area contributed by atoms with E-state index in [9.17, 15) is 24.1 Å². The zero-order chi connectivity index (χ0) is 15.0. The Balaban J connectivity index is 2.52. The van der Waals surface area contributed by atoms with Crippen LogP contribution >= 0.6 is 11.6 Å². The second kappa shape index (κ2) is 5.04. The van der Waals surface area contributed by atoms with Crippen LogP contribution in [0.4, 0.5) is 15.8 Å². The van der Waals surface area contributed by atoms with Crippen molar-refractivity contribution in [2.24, 2.45) is 5.92 Å². The Hall–Kier alpha value is -2.22. The summed E-state index contributed by atoms with van der Waals surface area (Å²) in [6.07, 6.45) is -0.306. The first kappa shape index (κ1) is 14.2. The van der Waals surface area contributed by atoms with Gasteiger partial charge in [-0.3, -0.25) is 19.7 Å². The fraction of sp³-hybridized carbons (Fsp3) is 0.273. The van der Waals surface area contributed by atoms with E-state index in [1.165, 1.54) is 0 Å². The largest absolute Gasteiger partial charge is 0.481 e. The van der Waals surface area contributed by atoms with Crippen molar-refractivity contribution in [2.75, 3.05) is 11.4 Å². The second-order valence-electron chi connectivity index (χ2n) is 4.23. The highest BCUT2D eigenvalue weighted by molar-refractivity contribution is 6.34. The summed E-state index contributed by atoms with van der Waals surface area (Å²) < 4.78 is 13.5. The Kier molecular flexibility index (Phi) is 3.58. The SMILES string of the molecule is O=C(O)C1CC(=O)N(c2c([N+](=O)[O-])ccc(F)c2Cl)C1. The topological polar surface area (TPSA) is 101 Å². The van der Waals surface area contributed by atoms with E-state index in [0.717, 1.165) is 17.0 Å². The molecule has 20 heavy (non-hydrogen) atoms. The summed E-state index contributed by atoms with van der Waals surface area (Å²) in [5.41, 5.74) is -0.943. The number of carbonyl (C=O) groups excluding carboxylic acids is 1. The molecule has 2 rings (SSSR count). The molecule has 0 saturated carbocycles. The molecule has 1 aromatic carbocycles. The molecular weight excluding hydrogens is 295 g/mol. The zero-order valence-electron chi connectivity index (χ0n) is 9.88. The number of halogens is 2. The van der Waals surface area contributed by atoms with Crippen molar-refractivity contribution >= 4 is 34.9 Å². The third-order valence-corrected chi connectivity index (χ3v) is 3.35. The first-order chi connectivity index (χ1) is 9.32. The van der Waals surface area contributed by atoms with Gasteiger partial charge in [-0.05, 0) is 6.07 Å². The fourth-order valence-corrected chi connectivity index (χ4v) is 2.28. The summed E-state index contributed by atoms with van der Waals surface area (Å²) in [6.45, 7) is -0.280. The lowest BCUT2D eigenvalue weighted by molar-refractivity contribution is -0.384. The van der Waals surface area contributed by atoms with Crippen LogP contribution in [0.3, 0.4) is 0 Å². The van der Waals surface area contributed by atoms with Crippen LogP contribution in [0, 0.1) is 21.8 Å². The number of benzene rings is 1. The van der Waals surface area contributed by atoms with Gasteiger partial charge in [0, 0.05) is 19.0 Å². The zero-order valence-corrected chi connectivity index (χ0v) is 10.6. The average molecular weight is 303 g/mol. The standard InChI is InChI=1S/C11H8ClFN2O5/c12-9-6(13)1-2-7(15(19)20)10(9)14-4-5(11(17)18)3-8(14)16/h1-2,5H,3-4H2,(H,17,18). The van der Waals surface area contributed by atoms with Crippen LogP contribution in [0.15, 0.2) is 12.1 Å². The maximum absolute atomic E-state index is 13.5. The van der Waals surface area contributed by atoms with Crippen LogP contribution in [0.25, 0.3) is 0 Å². The molecule has 0 aliphatic carbocycles. The Morgan fingerprint density at radius 2 is 2.20 bits per heavy atom. The van der Waals surface area contributed by atoms with Gasteiger partial charge in [0.2, 0.25) is 5.91 Å². The number of rotatable bonds is 3. The number of nitro benzene ring substituents is 1. The third-order valence-electron chi connectivity index (χ3n) is 2.99. The molecule has 1 aliphatic rings. The molecule has 106 valence electrons. The van der Waals surface area contributed by atoms with E-state index in [0.29, 0.717) is 0 Å². The molecule has 1 heterocycles. The second-order valence-corrected chi connectivity index (χ2v) is 4.61. The summed E-state index contributed by atoms with van der Waals surface area (Å²) in [4.78, 5) is 33.6. The van der Waals surface area contributed by atoms with Crippen LogP contribution in [0.5, 0.6) is 0 Å². The molecule has 0 bridgehead atoms. The Morgan fingerprint density at radius 1 is 1.55 bits per heavy atom. The van der Waals surface area contributed by atoms with Crippen LogP contribution in [-0.4, -0.2) is 28.5 Å². The highest BCUT2D eigenvalue weighted by atomic mass is 35.5. The number of carboxylic acid groups (broad SMARTS) is 1. The molecule has 1 unspecified atom stereocenters. The number of aliphatic carboxylic acids is 1. The Bertz CT molecular complexity index is 621. The van der Waals surface area contributed by atoms with Crippen molar-refractivity contribution in [3.63, 3.8) is 0 Å². The first-order valence-corrected chi connectivity index (χ1v) is 5.86. The van der Waals surface area contributed by atoms with Gasteiger partial charge in [-0.15, -0.1) is 0 Å². The van der Waals surface area contributed by atoms with Crippen molar-refractivity contribution in [2.45, 2.75) is 6.42 Å². The predicted molar refractivity (Wildman–Crippen MR) is 66.2 cm³/mol. The normalized spacial score (nSPS) is 18.4. The smallest absolute Gasteiger partial charge is 0.308 e. The number of hydrogen-bond donors (Lipinski definition) is 1. The highest BCUT2D eigenvalue weighted by Crippen LogP contribution is 2.40. The molecule has 1 aromatic rings. The fourth-order valence-electron chi connectivity index (χ4n) is 2.02. The average Bonchev–Trinajstić information content (AvgIpc) is 2.74. The number of anilines is 1. The Morgan fingerprint density at radius 3 is 2.70 bits per heavy atom. The summed E-state index contributed by atoms with van der Waals surface area (Å²) in [5, 5.41) is 19.2. The summed E-state index contributed by atoms with van der Waals surface area (Å²) >= 11 is 5.69. The van der Waals surface area contributed by atoms with Gasteiger partial charge < -0.3 is 10.0 Å². The lowest BCUT2D eigenvalue weighted by Crippen LogP contribution is -2.27. The number of carbonyl (C=O) groups is 2. The Labute approximate surface area is 116 Å². The van der Waals surface area contributed by atoms with E-state index >= 15 is 0 Å². The van der Waals surface area contributed by atoms with Crippen molar-refractivity contribution in [1.82, 2.24) is 0 Å². The molecule has 0 spiro atoms. The summed E-state index contributed by atoms with van der Waals surface area (Å²) in [6, 6.07) is 1.71. The lowest BCUT2D eigenvalue weighted by atomic mass is 10.1. The molecule has 1 N–H and O–H groups in total.